The number of halogens is 2. The first-order chi connectivity index (χ1) is 12.1. The predicted molar refractivity (Wildman–Crippen MR) is 103 cm³/mol. The van der Waals surface area contributed by atoms with E-state index in [9.17, 15) is 0 Å². The van der Waals surface area contributed by atoms with E-state index in [2.05, 4.69) is 5.32 Å². The maximum Gasteiger partial charge on any atom is 0.133 e. The lowest BCUT2D eigenvalue weighted by molar-refractivity contribution is 0.416. The van der Waals surface area contributed by atoms with Crippen molar-refractivity contribution in [3.05, 3.63) is 57.6 Å². The minimum Gasteiger partial charge on any atom is -0.496 e. The van der Waals surface area contributed by atoms with Crippen molar-refractivity contribution in [2.24, 2.45) is 0 Å². The van der Waals surface area contributed by atoms with Crippen LogP contribution in [0.25, 0.3) is 16.9 Å². The Morgan fingerprint density at radius 1 is 1.12 bits per heavy atom. The molecule has 2 heterocycles. The van der Waals surface area contributed by atoms with Crippen LogP contribution in [0, 0.1) is 6.92 Å². The number of anilines is 1. The van der Waals surface area contributed by atoms with Crippen molar-refractivity contribution < 1.29 is 4.74 Å². The number of benzene rings is 2. The van der Waals surface area contributed by atoms with Gasteiger partial charge in [-0.1, -0.05) is 23.2 Å². The number of fused-ring (bicyclic) bond motifs is 1. The highest BCUT2D eigenvalue weighted by molar-refractivity contribution is 6.31. The van der Waals surface area contributed by atoms with Gasteiger partial charge in [-0.2, -0.15) is 5.10 Å². The van der Waals surface area contributed by atoms with E-state index in [0.29, 0.717) is 5.02 Å². The van der Waals surface area contributed by atoms with Gasteiger partial charge in [-0.25, -0.2) is 4.68 Å². The topological polar surface area (TPSA) is 39.1 Å². The van der Waals surface area contributed by atoms with Crippen LogP contribution in [-0.4, -0.2) is 23.4 Å². The van der Waals surface area contributed by atoms with Gasteiger partial charge in [0, 0.05) is 27.7 Å². The molecule has 4 nitrogen and oxygen atoms in total. The fourth-order valence-corrected chi connectivity index (χ4v) is 3.69. The summed E-state index contributed by atoms with van der Waals surface area (Å²) in [5, 5.41) is 9.71. The number of nitrogens with zero attached hydrogens (tertiary/aromatic N) is 2. The molecule has 0 aliphatic carbocycles. The quantitative estimate of drug-likeness (QED) is 0.691. The predicted octanol–water partition coefficient (Wildman–Crippen LogP) is 5.13. The number of aromatic nitrogens is 2. The van der Waals surface area contributed by atoms with Gasteiger partial charge in [-0.3, -0.25) is 0 Å². The third-order valence-corrected chi connectivity index (χ3v) is 4.92. The van der Waals surface area contributed by atoms with Gasteiger partial charge in [-0.15, -0.1) is 0 Å². The second-order valence-electron chi connectivity index (χ2n) is 6.04. The lowest BCUT2D eigenvalue weighted by Gasteiger charge is -2.10. The fourth-order valence-electron chi connectivity index (χ4n) is 3.29. The van der Waals surface area contributed by atoms with Gasteiger partial charge >= 0.3 is 0 Å². The van der Waals surface area contributed by atoms with Crippen LogP contribution >= 0.6 is 23.2 Å². The van der Waals surface area contributed by atoms with Gasteiger partial charge in [-0.05, 0) is 55.3 Å². The van der Waals surface area contributed by atoms with Crippen LogP contribution in [0.2, 0.25) is 10.0 Å². The molecule has 0 bridgehead atoms. The molecule has 4 rings (SSSR count). The van der Waals surface area contributed by atoms with Gasteiger partial charge < -0.3 is 10.1 Å². The molecule has 25 heavy (non-hydrogen) atoms. The molecule has 0 spiro atoms. The molecule has 3 aromatic rings. The molecule has 0 fully saturated rings. The van der Waals surface area contributed by atoms with E-state index in [0.717, 1.165) is 52.1 Å². The van der Waals surface area contributed by atoms with Crippen molar-refractivity contribution in [1.29, 1.82) is 0 Å². The first-order valence-corrected chi connectivity index (χ1v) is 8.80. The van der Waals surface area contributed by atoms with Crippen LogP contribution in [-0.2, 0) is 6.42 Å². The molecule has 0 unspecified atom stereocenters. The molecule has 2 aromatic carbocycles. The molecule has 6 heteroatoms. The average molecular weight is 374 g/mol. The van der Waals surface area contributed by atoms with Crippen LogP contribution < -0.4 is 10.1 Å². The van der Waals surface area contributed by atoms with Gasteiger partial charge in [0.05, 0.1) is 12.8 Å². The standard InChI is InChI=1S/C19H17Cl2N3O/c1-11-9-12(20)3-5-16(11)24-19-14(7-8-22-19)18(23-24)15-10-13(21)4-6-17(15)25-2/h3-6,9-10,22H,7-8H2,1-2H3. The Hall–Kier alpha value is -2.17. The van der Waals surface area contributed by atoms with Gasteiger partial charge in [0.1, 0.15) is 17.3 Å². The number of ether oxygens (including phenoxy) is 1. The Balaban J connectivity index is 1.94. The smallest absolute Gasteiger partial charge is 0.133 e. The lowest BCUT2D eigenvalue weighted by atomic mass is 10.1. The molecular formula is C19H17Cl2N3O. The summed E-state index contributed by atoms with van der Waals surface area (Å²) in [7, 11) is 1.66. The Morgan fingerprint density at radius 2 is 1.88 bits per heavy atom. The third-order valence-electron chi connectivity index (χ3n) is 4.45. The molecule has 0 saturated heterocycles. The van der Waals surface area contributed by atoms with E-state index >= 15 is 0 Å². The molecule has 1 aliphatic heterocycles. The highest BCUT2D eigenvalue weighted by Crippen LogP contribution is 2.40. The average Bonchev–Trinajstić information content (AvgIpc) is 3.18. The number of hydrogen-bond acceptors (Lipinski definition) is 3. The number of nitrogens with one attached hydrogen (secondary N) is 1. The zero-order chi connectivity index (χ0) is 17.6. The van der Waals surface area contributed by atoms with Gasteiger partial charge in [0.2, 0.25) is 0 Å². The number of methoxy groups -OCH3 is 1. The van der Waals surface area contributed by atoms with Crippen LogP contribution in [0.5, 0.6) is 5.75 Å². The van der Waals surface area contributed by atoms with Crippen molar-refractivity contribution in [2.75, 3.05) is 19.0 Å². The fraction of sp³-hybridized carbons (Fsp3) is 0.211. The van der Waals surface area contributed by atoms with E-state index < -0.39 is 0 Å². The van der Waals surface area contributed by atoms with Crippen molar-refractivity contribution in [1.82, 2.24) is 9.78 Å². The summed E-state index contributed by atoms with van der Waals surface area (Å²) in [4.78, 5) is 0. The van der Waals surface area contributed by atoms with E-state index in [-0.39, 0.29) is 0 Å². The van der Waals surface area contributed by atoms with Crippen LogP contribution in [0.15, 0.2) is 36.4 Å². The van der Waals surface area contributed by atoms with Crippen LogP contribution in [0.1, 0.15) is 11.1 Å². The first kappa shape index (κ1) is 16.3. The summed E-state index contributed by atoms with van der Waals surface area (Å²) in [6.45, 7) is 2.92. The van der Waals surface area contributed by atoms with Crippen molar-refractivity contribution >= 4 is 29.0 Å². The number of aryl methyl sites for hydroxylation is 1. The Labute approximate surface area is 156 Å². The first-order valence-electron chi connectivity index (χ1n) is 8.04. The molecule has 0 amide bonds. The number of rotatable bonds is 3. The molecule has 0 atom stereocenters. The Morgan fingerprint density at radius 3 is 2.64 bits per heavy atom. The van der Waals surface area contributed by atoms with Crippen molar-refractivity contribution in [3.63, 3.8) is 0 Å². The van der Waals surface area contributed by atoms with Crippen molar-refractivity contribution in [3.8, 4) is 22.7 Å². The second kappa shape index (κ2) is 6.28. The maximum atomic E-state index is 6.22. The molecular weight excluding hydrogens is 357 g/mol. The minimum atomic E-state index is 0.660. The Kier molecular flexibility index (Phi) is 4.10. The monoisotopic (exact) mass is 373 g/mol. The molecule has 128 valence electrons. The summed E-state index contributed by atoms with van der Waals surface area (Å²) in [5.41, 5.74) is 5.04. The molecule has 0 saturated carbocycles. The second-order valence-corrected chi connectivity index (χ2v) is 6.91. The van der Waals surface area contributed by atoms with Gasteiger partial charge in [0.25, 0.3) is 0 Å². The minimum absolute atomic E-state index is 0.660. The zero-order valence-corrected chi connectivity index (χ0v) is 15.4. The molecule has 1 aliphatic rings. The van der Waals surface area contributed by atoms with Crippen LogP contribution in [0.4, 0.5) is 5.82 Å². The van der Waals surface area contributed by atoms with E-state index in [1.54, 1.807) is 7.11 Å². The largest absolute Gasteiger partial charge is 0.496 e. The van der Waals surface area contributed by atoms with Gasteiger partial charge in [0.15, 0.2) is 0 Å². The van der Waals surface area contributed by atoms with Crippen molar-refractivity contribution in [2.45, 2.75) is 13.3 Å². The SMILES string of the molecule is COc1ccc(Cl)cc1-c1nn(-c2ccc(Cl)cc2C)c2c1CCN2. The summed E-state index contributed by atoms with van der Waals surface area (Å²) in [5.74, 6) is 1.78. The Bertz CT molecular complexity index is 966. The molecule has 1 aromatic heterocycles. The van der Waals surface area contributed by atoms with Crippen LogP contribution in [0.3, 0.4) is 0 Å². The normalized spacial score (nSPS) is 12.8. The number of hydrogen-bond donors (Lipinski definition) is 1. The lowest BCUT2D eigenvalue weighted by Crippen LogP contribution is -2.05. The summed E-state index contributed by atoms with van der Waals surface area (Å²) in [6, 6.07) is 11.4. The summed E-state index contributed by atoms with van der Waals surface area (Å²) >= 11 is 12.3. The highest BCUT2D eigenvalue weighted by Gasteiger charge is 2.26. The zero-order valence-electron chi connectivity index (χ0n) is 13.9. The highest BCUT2D eigenvalue weighted by atomic mass is 35.5. The van der Waals surface area contributed by atoms with E-state index in [4.69, 9.17) is 33.0 Å². The summed E-state index contributed by atoms with van der Waals surface area (Å²) < 4.78 is 7.47. The molecule has 1 N–H and O–H groups in total. The van der Waals surface area contributed by atoms with E-state index in [1.807, 2.05) is 48.0 Å². The maximum absolute atomic E-state index is 6.22. The van der Waals surface area contributed by atoms with E-state index in [1.165, 1.54) is 5.56 Å². The molecule has 0 radical (unpaired) electrons. The third kappa shape index (κ3) is 2.75. The summed E-state index contributed by atoms with van der Waals surface area (Å²) in [6.07, 6.45) is 0.910.